The number of carbonyl (C=O) groups is 1. The molecule has 0 spiro atoms. The molecule has 0 bridgehead atoms. The lowest BCUT2D eigenvalue weighted by Crippen LogP contribution is -2.23. The summed E-state index contributed by atoms with van der Waals surface area (Å²) in [7, 11) is -7.55. The highest BCUT2D eigenvalue weighted by Crippen LogP contribution is 2.17. The number of carboxylic acid groups (broad SMARTS) is 1. The van der Waals surface area contributed by atoms with Crippen LogP contribution in [-0.4, -0.2) is 44.7 Å². The van der Waals surface area contributed by atoms with Crippen LogP contribution in [-0.2, 0) is 19.7 Å². The van der Waals surface area contributed by atoms with Crippen molar-refractivity contribution in [2.45, 2.75) is 24.0 Å². The first kappa shape index (κ1) is 17.6. The number of hydrogen-bond donors (Lipinski definition) is 1. The Kier molecular flexibility index (Phi) is 5.11. The first-order chi connectivity index (χ1) is 9.47. The minimum absolute atomic E-state index is 0.416. The molecular weight excluding hydrogens is 323 g/mol. The number of aromatic carboxylic acids is 1. The Labute approximate surface area is 122 Å². The van der Waals surface area contributed by atoms with Crippen molar-refractivity contribution in [2.24, 2.45) is 0 Å². The molecule has 0 saturated heterocycles. The maximum Gasteiger partial charge on any atom is 0.338 e. The molecule has 1 aromatic rings. The van der Waals surface area contributed by atoms with E-state index in [4.69, 9.17) is 5.11 Å². The molecule has 0 amide bonds. The van der Waals surface area contributed by atoms with Crippen LogP contribution in [0, 0.1) is 5.82 Å². The molecule has 0 aliphatic carbocycles. The van der Waals surface area contributed by atoms with E-state index in [9.17, 15) is 26.0 Å². The second-order valence-corrected chi connectivity index (χ2v) is 9.47. The molecule has 9 heteroatoms. The summed E-state index contributed by atoms with van der Waals surface area (Å²) in [6.07, 6.45) is 0. The minimum Gasteiger partial charge on any atom is -0.478 e. The lowest BCUT2D eigenvalue weighted by molar-refractivity contribution is 0.0691. The third kappa shape index (κ3) is 4.24. The third-order valence-corrected chi connectivity index (χ3v) is 7.06. The molecular formula is C12H15FO6S2. The van der Waals surface area contributed by atoms with E-state index in [0.717, 1.165) is 12.1 Å². The van der Waals surface area contributed by atoms with Gasteiger partial charge in [0.1, 0.15) is 5.82 Å². The van der Waals surface area contributed by atoms with E-state index in [0.29, 0.717) is 6.07 Å². The van der Waals surface area contributed by atoms with Crippen molar-refractivity contribution in [2.75, 3.05) is 11.5 Å². The summed E-state index contributed by atoms with van der Waals surface area (Å²) in [5.41, 5.74) is -0.775. The van der Waals surface area contributed by atoms with Crippen LogP contribution in [0.1, 0.15) is 24.2 Å². The van der Waals surface area contributed by atoms with E-state index in [1.807, 2.05) is 0 Å². The SMILES string of the molecule is CC(C)S(=O)(=O)CCS(=O)(=O)c1ccc(F)c(C(=O)O)c1. The number of sulfone groups is 2. The molecule has 1 aromatic carbocycles. The molecule has 0 aliphatic rings. The van der Waals surface area contributed by atoms with Crippen LogP contribution < -0.4 is 0 Å². The highest BCUT2D eigenvalue weighted by Gasteiger charge is 2.24. The van der Waals surface area contributed by atoms with Gasteiger partial charge in [-0.05, 0) is 32.0 Å². The van der Waals surface area contributed by atoms with Crippen LogP contribution in [0.4, 0.5) is 4.39 Å². The van der Waals surface area contributed by atoms with Crippen molar-refractivity contribution >= 4 is 25.6 Å². The van der Waals surface area contributed by atoms with Crippen molar-refractivity contribution in [1.29, 1.82) is 0 Å². The van der Waals surface area contributed by atoms with Gasteiger partial charge in [0.05, 0.1) is 27.2 Å². The molecule has 0 radical (unpaired) electrons. The molecule has 0 aliphatic heterocycles. The molecule has 0 saturated carbocycles. The molecule has 21 heavy (non-hydrogen) atoms. The zero-order valence-electron chi connectivity index (χ0n) is 11.4. The normalized spacial score (nSPS) is 12.6. The second kappa shape index (κ2) is 6.10. The Morgan fingerprint density at radius 3 is 2.24 bits per heavy atom. The minimum atomic E-state index is -4.01. The zero-order valence-corrected chi connectivity index (χ0v) is 13.0. The Balaban J connectivity index is 3.10. The second-order valence-electron chi connectivity index (χ2n) is 4.68. The van der Waals surface area contributed by atoms with Crippen LogP contribution in [0.5, 0.6) is 0 Å². The molecule has 0 atom stereocenters. The number of carboxylic acids is 1. The van der Waals surface area contributed by atoms with Crippen LogP contribution >= 0.6 is 0 Å². The summed E-state index contributed by atoms with van der Waals surface area (Å²) in [4.78, 5) is 10.4. The highest BCUT2D eigenvalue weighted by molar-refractivity contribution is 7.95. The van der Waals surface area contributed by atoms with E-state index in [1.54, 1.807) is 0 Å². The Morgan fingerprint density at radius 1 is 1.19 bits per heavy atom. The Morgan fingerprint density at radius 2 is 1.76 bits per heavy atom. The van der Waals surface area contributed by atoms with Crippen LogP contribution in [0.2, 0.25) is 0 Å². The van der Waals surface area contributed by atoms with Gasteiger partial charge in [0.15, 0.2) is 19.7 Å². The van der Waals surface area contributed by atoms with E-state index in [-0.39, 0.29) is 0 Å². The topological polar surface area (TPSA) is 106 Å². The van der Waals surface area contributed by atoms with Crippen LogP contribution in [0.25, 0.3) is 0 Å². The number of benzene rings is 1. The molecule has 118 valence electrons. The van der Waals surface area contributed by atoms with Gasteiger partial charge in [0.25, 0.3) is 0 Å². The van der Waals surface area contributed by atoms with Gasteiger partial charge in [-0.1, -0.05) is 0 Å². The Hall–Kier alpha value is -1.48. The van der Waals surface area contributed by atoms with E-state index < -0.39 is 58.7 Å². The first-order valence-corrected chi connectivity index (χ1v) is 9.31. The summed E-state index contributed by atoms with van der Waals surface area (Å²) in [6.45, 7) is 2.87. The summed E-state index contributed by atoms with van der Waals surface area (Å²) in [6, 6.07) is 2.33. The van der Waals surface area contributed by atoms with Gasteiger partial charge in [-0.2, -0.15) is 0 Å². The average molecular weight is 338 g/mol. The maximum atomic E-state index is 13.2. The van der Waals surface area contributed by atoms with Gasteiger partial charge in [-0.3, -0.25) is 0 Å². The number of halogens is 1. The van der Waals surface area contributed by atoms with E-state index in [1.165, 1.54) is 13.8 Å². The Bertz CT molecular complexity index is 750. The van der Waals surface area contributed by atoms with E-state index >= 15 is 0 Å². The number of hydrogen-bond acceptors (Lipinski definition) is 5. The summed E-state index contributed by atoms with van der Waals surface area (Å²) < 4.78 is 60.5. The maximum absolute atomic E-state index is 13.2. The molecule has 1 rings (SSSR count). The summed E-state index contributed by atoms with van der Waals surface area (Å²) >= 11 is 0. The van der Waals surface area contributed by atoms with Crippen molar-refractivity contribution in [3.8, 4) is 0 Å². The quantitative estimate of drug-likeness (QED) is 0.779. The van der Waals surface area contributed by atoms with Gasteiger partial charge in [0.2, 0.25) is 0 Å². The van der Waals surface area contributed by atoms with Crippen molar-refractivity contribution < 1.29 is 31.1 Å². The zero-order chi connectivity index (χ0) is 16.4. The molecule has 0 heterocycles. The smallest absolute Gasteiger partial charge is 0.338 e. The molecule has 0 fully saturated rings. The predicted molar refractivity (Wildman–Crippen MR) is 74.3 cm³/mol. The van der Waals surface area contributed by atoms with Gasteiger partial charge < -0.3 is 5.11 Å². The largest absolute Gasteiger partial charge is 0.478 e. The average Bonchev–Trinajstić information content (AvgIpc) is 2.36. The van der Waals surface area contributed by atoms with Crippen LogP contribution in [0.15, 0.2) is 23.1 Å². The monoisotopic (exact) mass is 338 g/mol. The fourth-order valence-corrected chi connectivity index (χ4v) is 4.53. The van der Waals surface area contributed by atoms with Gasteiger partial charge >= 0.3 is 5.97 Å². The van der Waals surface area contributed by atoms with Crippen molar-refractivity contribution in [3.63, 3.8) is 0 Å². The molecule has 0 aromatic heterocycles. The molecule has 6 nitrogen and oxygen atoms in total. The predicted octanol–water partition coefficient (Wildman–Crippen LogP) is 1.12. The van der Waals surface area contributed by atoms with Gasteiger partial charge in [-0.15, -0.1) is 0 Å². The lowest BCUT2D eigenvalue weighted by atomic mass is 10.2. The number of rotatable bonds is 6. The first-order valence-electron chi connectivity index (χ1n) is 5.94. The lowest BCUT2D eigenvalue weighted by Gasteiger charge is -2.09. The standard InChI is InChI=1S/C12H15FO6S2/c1-8(2)20(16,17)5-6-21(18,19)9-3-4-11(13)10(7-9)12(14)15/h3-4,7-8H,5-6H2,1-2H3,(H,14,15). The highest BCUT2D eigenvalue weighted by atomic mass is 32.2. The van der Waals surface area contributed by atoms with Crippen LogP contribution in [0.3, 0.4) is 0 Å². The molecule has 0 unspecified atom stereocenters. The summed E-state index contributed by atoms with van der Waals surface area (Å²) in [5, 5.41) is 8.04. The fraction of sp³-hybridized carbons (Fsp3) is 0.417. The van der Waals surface area contributed by atoms with Gasteiger partial charge in [-0.25, -0.2) is 26.0 Å². The fourth-order valence-electron chi connectivity index (χ4n) is 1.44. The van der Waals surface area contributed by atoms with Crippen molar-refractivity contribution in [3.05, 3.63) is 29.6 Å². The van der Waals surface area contributed by atoms with Gasteiger partial charge in [0, 0.05) is 0 Å². The summed E-state index contributed by atoms with van der Waals surface area (Å²) in [5.74, 6) is -3.92. The van der Waals surface area contributed by atoms with Crippen molar-refractivity contribution in [1.82, 2.24) is 0 Å². The third-order valence-electron chi connectivity index (χ3n) is 2.88. The molecule has 1 N–H and O–H groups in total. The van der Waals surface area contributed by atoms with E-state index in [2.05, 4.69) is 0 Å².